The number of hydrogen-bond acceptors (Lipinski definition) is 2. The van der Waals surface area contributed by atoms with E-state index >= 15 is 0 Å². The summed E-state index contributed by atoms with van der Waals surface area (Å²) in [7, 11) is 0. The van der Waals surface area contributed by atoms with Crippen LogP contribution in [-0.2, 0) is 0 Å². The molecule has 0 aromatic rings. The zero-order chi connectivity index (χ0) is 11.1. The molecular formula is C14H24N2. The Balaban J connectivity index is 1.67. The third-order valence-corrected chi connectivity index (χ3v) is 5.66. The van der Waals surface area contributed by atoms with Crippen LogP contribution in [0.25, 0.3) is 0 Å². The van der Waals surface area contributed by atoms with Gasteiger partial charge in [0.2, 0.25) is 0 Å². The molecule has 1 unspecified atom stereocenters. The molecule has 1 atom stereocenters. The first-order valence-corrected chi connectivity index (χ1v) is 7.08. The number of hydrogen-bond donors (Lipinski definition) is 1. The summed E-state index contributed by atoms with van der Waals surface area (Å²) < 4.78 is 0. The molecule has 1 spiro atoms. The zero-order valence-corrected chi connectivity index (χ0v) is 10.8. The van der Waals surface area contributed by atoms with Gasteiger partial charge in [0.15, 0.2) is 0 Å². The van der Waals surface area contributed by atoms with E-state index in [1.54, 1.807) is 6.42 Å². The smallest absolute Gasteiger partial charge is 0.104 e. The van der Waals surface area contributed by atoms with Crippen LogP contribution < -0.4 is 5.43 Å². The van der Waals surface area contributed by atoms with Crippen LogP contribution in [0.15, 0.2) is 0 Å². The van der Waals surface area contributed by atoms with Gasteiger partial charge >= 0.3 is 0 Å². The van der Waals surface area contributed by atoms with E-state index in [1.807, 2.05) is 0 Å². The molecule has 5 fully saturated rings. The second-order valence-electron chi connectivity index (χ2n) is 7.75. The minimum Gasteiger partial charge on any atom is -0.231 e. The van der Waals surface area contributed by atoms with E-state index in [9.17, 15) is 0 Å². The van der Waals surface area contributed by atoms with Crippen LogP contribution in [0.3, 0.4) is 0 Å². The third-order valence-electron chi connectivity index (χ3n) is 5.66. The highest BCUT2D eigenvalue weighted by atomic mass is 15.8. The van der Waals surface area contributed by atoms with Crippen molar-refractivity contribution in [3.8, 4) is 0 Å². The van der Waals surface area contributed by atoms with E-state index < -0.39 is 0 Å². The van der Waals surface area contributed by atoms with Crippen LogP contribution in [0.5, 0.6) is 0 Å². The fraction of sp³-hybridized carbons (Fsp3) is 1.00. The summed E-state index contributed by atoms with van der Waals surface area (Å²) in [5.74, 6) is 4.08. The SMILES string of the molecule is CC(C)(C)N1NC12C1CC3CC(C1)CC2C3. The lowest BCUT2D eigenvalue weighted by atomic mass is 9.52. The number of nitrogens with one attached hydrogen (secondary N) is 1. The Morgan fingerprint density at radius 2 is 1.44 bits per heavy atom. The standard InChI is InChI=1S/C14H24N2/c1-13(2,3)16-14(15-16)11-5-9-4-10(7-11)8-12(14)6-9/h9-12,15H,4-8H2,1-3H3. The van der Waals surface area contributed by atoms with E-state index in [-0.39, 0.29) is 0 Å². The van der Waals surface area contributed by atoms with E-state index in [2.05, 4.69) is 31.2 Å². The number of nitrogens with zero attached hydrogens (tertiary/aromatic N) is 1. The quantitative estimate of drug-likeness (QED) is 0.635. The van der Waals surface area contributed by atoms with Gasteiger partial charge in [-0.25, -0.2) is 10.4 Å². The van der Waals surface area contributed by atoms with Gasteiger partial charge in [-0.2, -0.15) is 0 Å². The lowest BCUT2D eigenvalue weighted by molar-refractivity contribution is -0.0460. The van der Waals surface area contributed by atoms with Gasteiger partial charge in [-0.15, -0.1) is 0 Å². The van der Waals surface area contributed by atoms with Crippen molar-refractivity contribution in [2.24, 2.45) is 23.7 Å². The molecule has 1 aliphatic heterocycles. The largest absolute Gasteiger partial charge is 0.231 e. The summed E-state index contributed by atoms with van der Waals surface area (Å²) in [4.78, 5) is 0. The Bertz CT molecular complexity index is 300. The van der Waals surface area contributed by atoms with Gasteiger partial charge in [-0.05, 0) is 76.5 Å². The highest BCUT2D eigenvalue weighted by Crippen LogP contribution is 2.64. The maximum absolute atomic E-state index is 3.80. The lowest BCUT2D eigenvalue weighted by Crippen LogP contribution is -2.55. The molecule has 2 heteroatoms. The van der Waals surface area contributed by atoms with E-state index in [0.717, 1.165) is 23.7 Å². The van der Waals surface area contributed by atoms with Crippen LogP contribution in [0.1, 0.15) is 52.9 Å². The molecule has 4 saturated carbocycles. The van der Waals surface area contributed by atoms with Crippen molar-refractivity contribution in [3.63, 3.8) is 0 Å². The van der Waals surface area contributed by atoms with Crippen LogP contribution >= 0.6 is 0 Å². The van der Waals surface area contributed by atoms with Crippen LogP contribution in [-0.4, -0.2) is 16.2 Å². The summed E-state index contributed by atoms with van der Waals surface area (Å²) in [5, 5.41) is 2.59. The van der Waals surface area contributed by atoms with Crippen molar-refractivity contribution in [3.05, 3.63) is 0 Å². The van der Waals surface area contributed by atoms with E-state index in [0.29, 0.717) is 11.2 Å². The van der Waals surface area contributed by atoms with Gasteiger partial charge in [-0.1, -0.05) is 0 Å². The topological polar surface area (TPSA) is 25.0 Å². The van der Waals surface area contributed by atoms with Crippen LogP contribution in [0.4, 0.5) is 0 Å². The molecule has 5 aliphatic rings. The molecule has 0 radical (unpaired) electrons. The summed E-state index contributed by atoms with van der Waals surface area (Å²) in [5.41, 5.74) is 4.54. The highest BCUT2D eigenvalue weighted by molar-refractivity contribution is 5.18. The normalized spacial score (nSPS) is 58.3. The molecular weight excluding hydrogens is 196 g/mol. The zero-order valence-electron chi connectivity index (χ0n) is 10.8. The van der Waals surface area contributed by atoms with Gasteiger partial charge in [0, 0.05) is 5.54 Å². The number of hydrazine groups is 1. The Kier molecular flexibility index (Phi) is 1.65. The molecule has 4 bridgehead atoms. The van der Waals surface area contributed by atoms with Crippen molar-refractivity contribution in [1.82, 2.24) is 10.4 Å². The van der Waals surface area contributed by atoms with Gasteiger partial charge < -0.3 is 0 Å². The van der Waals surface area contributed by atoms with Crippen molar-refractivity contribution in [2.45, 2.75) is 64.1 Å². The second kappa shape index (κ2) is 2.67. The molecule has 0 aromatic heterocycles. The molecule has 5 rings (SSSR count). The van der Waals surface area contributed by atoms with Gasteiger partial charge in [0.25, 0.3) is 0 Å². The van der Waals surface area contributed by atoms with E-state index in [1.165, 1.54) is 25.7 Å². The maximum atomic E-state index is 3.80. The Morgan fingerprint density at radius 3 is 1.81 bits per heavy atom. The van der Waals surface area contributed by atoms with Gasteiger partial charge in [0.1, 0.15) is 5.66 Å². The van der Waals surface area contributed by atoms with Gasteiger partial charge in [-0.3, -0.25) is 0 Å². The Hall–Kier alpha value is -0.0800. The molecule has 1 heterocycles. The van der Waals surface area contributed by atoms with Crippen LogP contribution in [0.2, 0.25) is 0 Å². The fourth-order valence-electron chi connectivity index (χ4n) is 5.33. The first-order valence-electron chi connectivity index (χ1n) is 7.08. The molecule has 1 N–H and O–H groups in total. The summed E-state index contributed by atoms with van der Waals surface area (Å²) >= 11 is 0. The molecule has 90 valence electrons. The van der Waals surface area contributed by atoms with Crippen molar-refractivity contribution in [2.75, 3.05) is 0 Å². The minimum atomic E-state index is 0.301. The van der Waals surface area contributed by atoms with Crippen molar-refractivity contribution < 1.29 is 0 Å². The maximum Gasteiger partial charge on any atom is 0.104 e. The molecule has 0 amide bonds. The van der Waals surface area contributed by atoms with Crippen molar-refractivity contribution in [1.29, 1.82) is 0 Å². The average molecular weight is 220 g/mol. The first-order chi connectivity index (χ1) is 7.50. The van der Waals surface area contributed by atoms with Crippen molar-refractivity contribution >= 4 is 0 Å². The number of rotatable bonds is 0. The summed E-state index contributed by atoms with van der Waals surface area (Å²) in [6.45, 7) is 7.04. The molecule has 16 heavy (non-hydrogen) atoms. The monoisotopic (exact) mass is 220 g/mol. The summed E-state index contributed by atoms with van der Waals surface area (Å²) in [6.07, 6.45) is 7.58. The average Bonchev–Trinajstić information content (AvgIpc) is 2.88. The lowest BCUT2D eigenvalue weighted by Gasteiger charge is -2.54. The Labute approximate surface area is 98.7 Å². The highest BCUT2D eigenvalue weighted by Gasteiger charge is 2.70. The Morgan fingerprint density at radius 1 is 0.938 bits per heavy atom. The summed E-state index contributed by atoms with van der Waals surface area (Å²) in [6, 6.07) is 0. The first kappa shape index (κ1) is 9.90. The predicted octanol–water partition coefficient (Wildman–Crippen LogP) is 2.76. The predicted molar refractivity (Wildman–Crippen MR) is 64.5 cm³/mol. The van der Waals surface area contributed by atoms with Crippen LogP contribution in [0, 0.1) is 23.7 Å². The molecule has 4 aliphatic carbocycles. The molecule has 1 saturated heterocycles. The third kappa shape index (κ3) is 1.06. The minimum absolute atomic E-state index is 0.301. The van der Waals surface area contributed by atoms with E-state index in [4.69, 9.17) is 0 Å². The molecule has 0 aromatic carbocycles. The van der Waals surface area contributed by atoms with Gasteiger partial charge in [0.05, 0.1) is 0 Å². The fourth-order valence-corrected chi connectivity index (χ4v) is 5.33. The molecule has 2 nitrogen and oxygen atoms in total. The second-order valence-corrected chi connectivity index (χ2v) is 7.75.